The number of anilines is 2. The van der Waals surface area contributed by atoms with Gasteiger partial charge in [0.05, 0.1) is 37.3 Å². The Morgan fingerprint density at radius 1 is 1.27 bits per heavy atom. The van der Waals surface area contributed by atoms with Crippen LogP contribution in [-0.2, 0) is 25.5 Å². The van der Waals surface area contributed by atoms with E-state index in [1.807, 2.05) is 6.07 Å². The highest BCUT2D eigenvalue weighted by atomic mass is 16.5. The van der Waals surface area contributed by atoms with E-state index in [2.05, 4.69) is 15.6 Å². The minimum Gasteiger partial charge on any atom is -0.464 e. The highest BCUT2D eigenvalue weighted by molar-refractivity contribution is 6.10. The van der Waals surface area contributed by atoms with E-state index < -0.39 is 5.97 Å². The van der Waals surface area contributed by atoms with Gasteiger partial charge >= 0.3 is 5.97 Å². The van der Waals surface area contributed by atoms with Crippen molar-refractivity contribution in [2.24, 2.45) is 0 Å². The van der Waals surface area contributed by atoms with Crippen LogP contribution in [0.2, 0.25) is 0 Å². The molecule has 4 rings (SSSR count). The zero-order valence-corrected chi connectivity index (χ0v) is 17.4. The first kappa shape index (κ1) is 20.6. The Kier molecular flexibility index (Phi) is 6.19. The summed E-state index contributed by atoms with van der Waals surface area (Å²) in [5.74, 6) is -0.784. The molecule has 1 amide bonds. The lowest BCUT2D eigenvalue weighted by Gasteiger charge is -2.24. The molecule has 0 bridgehead atoms. The number of fused-ring (bicyclic) bond motifs is 1. The number of hydrogen-bond donors (Lipinski definition) is 2. The number of aromatic nitrogens is 2. The molecule has 30 heavy (non-hydrogen) atoms. The Labute approximate surface area is 175 Å². The van der Waals surface area contributed by atoms with Crippen LogP contribution in [0.25, 0.3) is 11.0 Å². The summed E-state index contributed by atoms with van der Waals surface area (Å²) in [4.78, 5) is 29.3. The predicted molar refractivity (Wildman–Crippen MR) is 112 cm³/mol. The van der Waals surface area contributed by atoms with Gasteiger partial charge in [0.15, 0.2) is 5.69 Å². The molecule has 4 heterocycles. The van der Waals surface area contributed by atoms with Crippen molar-refractivity contribution in [1.29, 1.82) is 0 Å². The second-order valence-electron chi connectivity index (χ2n) is 7.77. The number of carbonyl (C=O) groups excluding carboxylic acids is 2. The van der Waals surface area contributed by atoms with Crippen molar-refractivity contribution in [2.75, 3.05) is 37.6 Å². The lowest BCUT2D eigenvalue weighted by molar-refractivity contribution is -0.114. The van der Waals surface area contributed by atoms with E-state index in [9.17, 15) is 9.59 Å². The Balaban J connectivity index is 1.78. The number of esters is 1. The number of rotatable bonds is 6. The van der Waals surface area contributed by atoms with Crippen molar-refractivity contribution in [2.45, 2.75) is 51.3 Å². The van der Waals surface area contributed by atoms with Gasteiger partial charge in [-0.15, -0.1) is 0 Å². The Bertz CT molecular complexity index is 929. The highest BCUT2D eigenvalue weighted by Gasteiger charge is 2.28. The number of pyridine rings is 1. The molecule has 162 valence electrons. The first-order valence-corrected chi connectivity index (χ1v) is 10.4. The minimum atomic E-state index is -0.520. The number of amides is 1. The molecular weight excluding hydrogens is 388 g/mol. The van der Waals surface area contributed by atoms with E-state index in [-0.39, 0.29) is 17.7 Å². The molecule has 1 atom stereocenters. The number of nitrogens with zero attached hydrogens (tertiary/aromatic N) is 2. The highest BCUT2D eigenvalue weighted by Crippen LogP contribution is 2.34. The second-order valence-corrected chi connectivity index (χ2v) is 7.77. The van der Waals surface area contributed by atoms with E-state index in [1.54, 1.807) is 10.8 Å². The molecule has 2 fully saturated rings. The molecule has 2 N–H and O–H groups in total. The third-order valence-corrected chi connectivity index (χ3v) is 5.58. The van der Waals surface area contributed by atoms with E-state index in [1.165, 1.54) is 14.0 Å². The maximum Gasteiger partial charge on any atom is 0.356 e. The molecule has 2 aromatic heterocycles. The first-order chi connectivity index (χ1) is 14.6. The van der Waals surface area contributed by atoms with Crippen LogP contribution in [0.5, 0.6) is 0 Å². The molecule has 0 unspecified atom stereocenters. The second kappa shape index (κ2) is 9.01. The van der Waals surface area contributed by atoms with Gasteiger partial charge in [0.25, 0.3) is 0 Å². The molecular formula is C21H28N4O5. The maximum absolute atomic E-state index is 12.7. The van der Waals surface area contributed by atoms with Crippen LogP contribution in [0.3, 0.4) is 0 Å². The third kappa shape index (κ3) is 4.27. The summed E-state index contributed by atoms with van der Waals surface area (Å²) < 4.78 is 18.0. The molecule has 0 aliphatic carbocycles. The fourth-order valence-electron chi connectivity index (χ4n) is 4.16. The topological polar surface area (TPSA) is 104 Å². The summed E-state index contributed by atoms with van der Waals surface area (Å²) in [6, 6.07) is 2.23. The van der Waals surface area contributed by atoms with Gasteiger partial charge in [-0.25, -0.2) is 9.78 Å². The fraction of sp³-hybridized carbons (Fsp3) is 0.571. The van der Waals surface area contributed by atoms with Crippen molar-refractivity contribution in [3.8, 4) is 0 Å². The lowest BCUT2D eigenvalue weighted by atomic mass is 10.1. The maximum atomic E-state index is 12.7. The summed E-state index contributed by atoms with van der Waals surface area (Å²) in [6.07, 6.45) is 5.51. The Hall–Kier alpha value is -2.65. The zero-order chi connectivity index (χ0) is 21.1. The average molecular weight is 416 g/mol. The monoisotopic (exact) mass is 416 g/mol. The SMILES string of the molecule is COC(=O)c1c(NC(C)=O)c2cc(NC3CCOCC3)cnc2n1C[C@H]1CCCO1. The van der Waals surface area contributed by atoms with Gasteiger partial charge < -0.3 is 29.4 Å². The number of nitrogens with one attached hydrogen (secondary N) is 2. The van der Waals surface area contributed by atoms with Crippen molar-refractivity contribution >= 4 is 34.3 Å². The Morgan fingerprint density at radius 3 is 2.73 bits per heavy atom. The third-order valence-electron chi connectivity index (χ3n) is 5.58. The largest absolute Gasteiger partial charge is 0.464 e. The van der Waals surface area contributed by atoms with Crippen molar-refractivity contribution < 1.29 is 23.8 Å². The average Bonchev–Trinajstić information content (AvgIpc) is 3.35. The van der Waals surface area contributed by atoms with E-state index in [0.29, 0.717) is 35.9 Å². The van der Waals surface area contributed by atoms with Crippen LogP contribution in [0.1, 0.15) is 43.1 Å². The van der Waals surface area contributed by atoms with Crippen LogP contribution >= 0.6 is 0 Å². The molecule has 2 saturated heterocycles. The van der Waals surface area contributed by atoms with Gasteiger partial charge in [0.2, 0.25) is 5.91 Å². The summed E-state index contributed by atoms with van der Waals surface area (Å²) in [5.41, 5.74) is 2.17. The molecule has 0 saturated carbocycles. The molecule has 2 aliphatic heterocycles. The molecule has 9 heteroatoms. The zero-order valence-electron chi connectivity index (χ0n) is 17.4. The predicted octanol–water partition coefficient (Wildman–Crippen LogP) is 2.55. The van der Waals surface area contributed by atoms with Gasteiger partial charge in [-0.1, -0.05) is 0 Å². The van der Waals surface area contributed by atoms with Crippen LogP contribution in [0, 0.1) is 0 Å². The van der Waals surface area contributed by atoms with Crippen LogP contribution in [-0.4, -0.2) is 60.5 Å². The summed E-state index contributed by atoms with van der Waals surface area (Å²) in [5, 5.41) is 7.01. The van der Waals surface area contributed by atoms with Crippen LogP contribution < -0.4 is 10.6 Å². The quantitative estimate of drug-likeness (QED) is 0.698. The first-order valence-electron chi connectivity index (χ1n) is 10.4. The molecule has 9 nitrogen and oxygen atoms in total. The summed E-state index contributed by atoms with van der Waals surface area (Å²) in [7, 11) is 1.33. The van der Waals surface area contributed by atoms with Gasteiger partial charge in [-0.3, -0.25) is 4.79 Å². The lowest BCUT2D eigenvalue weighted by Crippen LogP contribution is -2.27. The normalized spacial score (nSPS) is 19.7. The van der Waals surface area contributed by atoms with Crippen molar-refractivity contribution in [3.05, 3.63) is 18.0 Å². The fourth-order valence-corrected chi connectivity index (χ4v) is 4.16. The van der Waals surface area contributed by atoms with Gasteiger partial charge in [0, 0.05) is 38.2 Å². The number of ether oxygens (including phenoxy) is 3. The summed E-state index contributed by atoms with van der Waals surface area (Å²) >= 11 is 0. The van der Waals surface area contributed by atoms with Gasteiger partial charge in [-0.2, -0.15) is 0 Å². The minimum absolute atomic E-state index is 0.00368. The van der Waals surface area contributed by atoms with Gasteiger partial charge in [-0.05, 0) is 31.7 Å². The molecule has 0 spiro atoms. The van der Waals surface area contributed by atoms with E-state index >= 15 is 0 Å². The number of carbonyl (C=O) groups is 2. The molecule has 2 aromatic rings. The van der Waals surface area contributed by atoms with Crippen molar-refractivity contribution in [3.63, 3.8) is 0 Å². The Morgan fingerprint density at radius 2 is 2.07 bits per heavy atom. The van der Waals surface area contributed by atoms with E-state index in [4.69, 9.17) is 14.2 Å². The molecule has 0 aromatic carbocycles. The van der Waals surface area contributed by atoms with E-state index in [0.717, 1.165) is 44.6 Å². The smallest absolute Gasteiger partial charge is 0.356 e. The molecule has 2 aliphatic rings. The van der Waals surface area contributed by atoms with Crippen molar-refractivity contribution in [1.82, 2.24) is 9.55 Å². The number of hydrogen-bond acceptors (Lipinski definition) is 7. The van der Waals surface area contributed by atoms with Crippen LogP contribution in [0.15, 0.2) is 12.3 Å². The molecule has 0 radical (unpaired) electrons. The van der Waals surface area contributed by atoms with Gasteiger partial charge in [0.1, 0.15) is 5.65 Å². The van der Waals surface area contributed by atoms with Crippen LogP contribution in [0.4, 0.5) is 11.4 Å². The number of methoxy groups -OCH3 is 1. The standard InChI is InChI=1S/C21H28N4O5/c1-13(26)23-18-17-10-15(24-14-5-8-29-9-6-14)11-22-20(17)25(19(18)21(27)28-2)12-16-4-3-7-30-16/h10-11,14,16,24H,3-9,12H2,1-2H3,(H,23,26)/t16-/m1/s1. The summed E-state index contributed by atoms with van der Waals surface area (Å²) in [6.45, 7) is 4.06.